The summed E-state index contributed by atoms with van der Waals surface area (Å²) in [6.45, 7) is 0.206. The lowest BCUT2D eigenvalue weighted by Gasteiger charge is -2.10. The molecule has 0 aliphatic rings. The smallest absolute Gasteiger partial charge is 0.270 e. The molecule has 1 rings (SSSR count). The molecule has 0 saturated carbocycles. The van der Waals surface area contributed by atoms with E-state index in [1.54, 1.807) is 19.0 Å². The maximum absolute atomic E-state index is 12.0. The standard InChI is InChI=1S/C11H17N5O4S/c1-15(2)11(12)13-6-7-14-21(19,20)10-5-3-4-9(8-10)16(17)18/h3-5,8,14H,6-7H2,1-2H3,(H2,12,13). The van der Waals surface area contributed by atoms with Gasteiger partial charge in [0.15, 0.2) is 5.96 Å². The monoisotopic (exact) mass is 315 g/mol. The van der Waals surface area contributed by atoms with Gasteiger partial charge in [0.05, 0.1) is 16.4 Å². The van der Waals surface area contributed by atoms with E-state index in [0.717, 1.165) is 6.07 Å². The zero-order valence-electron chi connectivity index (χ0n) is 11.7. The topological polar surface area (TPSA) is 131 Å². The zero-order chi connectivity index (χ0) is 16.0. The van der Waals surface area contributed by atoms with Crippen molar-refractivity contribution in [2.24, 2.45) is 10.7 Å². The van der Waals surface area contributed by atoms with Gasteiger partial charge in [-0.15, -0.1) is 0 Å². The Morgan fingerprint density at radius 3 is 2.71 bits per heavy atom. The summed E-state index contributed by atoms with van der Waals surface area (Å²) in [6.07, 6.45) is 0. The number of non-ortho nitro benzene ring substituents is 1. The normalized spacial score (nSPS) is 12.2. The highest BCUT2D eigenvalue weighted by molar-refractivity contribution is 7.89. The second-order valence-corrected chi connectivity index (χ2v) is 6.05. The van der Waals surface area contributed by atoms with Crippen LogP contribution in [0.3, 0.4) is 0 Å². The molecule has 21 heavy (non-hydrogen) atoms. The number of guanidine groups is 1. The molecule has 0 heterocycles. The van der Waals surface area contributed by atoms with Crippen molar-refractivity contribution in [1.82, 2.24) is 9.62 Å². The number of nitrogens with one attached hydrogen (secondary N) is 1. The van der Waals surface area contributed by atoms with Gasteiger partial charge in [-0.1, -0.05) is 6.07 Å². The maximum Gasteiger partial charge on any atom is 0.270 e. The van der Waals surface area contributed by atoms with Gasteiger partial charge < -0.3 is 10.6 Å². The Balaban J connectivity index is 2.72. The highest BCUT2D eigenvalue weighted by atomic mass is 32.2. The molecule has 0 aliphatic carbocycles. The molecular formula is C11H17N5O4S. The first kappa shape index (κ1) is 16.9. The molecule has 1 aromatic rings. The van der Waals surface area contributed by atoms with Crippen LogP contribution in [0.4, 0.5) is 5.69 Å². The molecule has 0 amide bonds. The van der Waals surface area contributed by atoms with Crippen LogP contribution in [0, 0.1) is 10.1 Å². The summed E-state index contributed by atoms with van der Waals surface area (Å²) in [7, 11) is -0.384. The van der Waals surface area contributed by atoms with Crippen molar-refractivity contribution in [3.8, 4) is 0 Å². The number of nitrogens with zero attached hydrogens (tertiary/aromatic N) is 3. The van der Waals surface area contributed by atoms with Gasteiger partial charge in [0.2, 0.25) is 10.0 Å². The number of nitrogens with two attached hydrogens (primary N) is 1. The SMILES string of the molecule is CN(C)C(N)=NCCNS(=O)(=O)c1cccc([N+](=O)[O-])c1. The van der Waals surface area contributed by atoms with Crippen LogP contribution in [0.2, 0.25) is 0 Å². The van der Waals surface area contributed by atoms with E-state index in [2.05, 4.69) is 9.71 Å². The minimum Gasteiger partial charge on any atom is -0.370 e. The summed E-state index contributed by atoms with van der Waals surface area (Å²) in [5.74, 6) is 0.282. The third-order valence-corrected chi connectivity index (χ3v) is 3.93. The van der Waals surface area contributed by atoms with Crippen LogP contribution in [0.5, 0.6) is 0 Å². The predicted octanol–water partition coefficient (Wildman–Crippen LogP) is -0.251. The Bertz CT molecular complexity index is 642. The Morgan fingerprint density at radius 2 is 2.14 bits per heavy atom. The van der Waals surface area contributed by atoms with Gasteiger partial charge in [-0.2, -0.15) is 0 Å². The lowest BCUT2D eigenvalue weighted by atomic mass is 10.3. The highest BCUT2D eigenvalue weighted by Crippen LogP contribution is 2.16. The number of rotatable bonds is 6. The molecule has 0 aromatic heterocycles. The molecule has 0 spiro atoms. The van der Waals surface area contributed by atoms with Crippen molar-refractivity contribution in [3.63, 3.8) is 0 Å². The molecule has 0 aliphatic heterocycles. The van der Waals surface area contributed by atoms with E-state index in [1.807, 2.05) is 0 Å². The van der Waals surface area contributed by atoms with Crippen LogP contribution >= 0.6 is 0 Å². The fraction of sp³-hybridized carbons (Fsp3) is 0.364. The number of benzene rings is 1. The van der Waals surface area contributed by atoms with Gasteiger partial charge in [-0.3, -0.25) is 15.1 Å². The fourth-order valence-electron chi connectivity index (χ4n) is 1.34. The second-order valence-electron chi connectivity index (χ2n) is 4.29. The number of nitro benzene ring substituents is 1. The Labute approximate surface area is 122 Å². The summed E-state index contributed by atoms with van der Waals surface area (Å²) >= 11 is 0. The first-order chi connectivity index (χ1) is 9.74. The van der Waals surface area contributed by atoms with Gasteiger partial charge >= 0.3 is 0 Å². The van der Waals surface area contributed by atoms with E-state index < -0.39 is 14.9 Å². The molecule has 3 N–H and O–H groups in total. The van der Waals surface area contributed by atoms with E-state index in [0.29, 0.717) is 0 Å². The summed E-state index contributed by atoms with van der Waals surface area (Å²) < 4.78 is 26.2. The Hall–Kier alpha value is -2.20. The third-order valence-electron chi connectivity index (χ3n) is 2.47. The largest absolute Gasteiger partial charge is 0.370 e. The number of sulfonamides is 1. The van der Waals surface area contributed by atoms with Crippen LogP contribution in [-0.4, -0.2) is 51.4 Å². The van der Waals surface area contributed by atoms with Gasteiger partial charge in [0, 0.05) is 32.8 Å². The van der Waals surface area contributed by atoms with E-state index in [-0.39, 0.29) is 29.6 Å². The number of hydrogen-bond donors (Lipinski definition) is 2. The van der Waals surface area contributed by atoms with E-state index >= 15 is 0 Å². The first-order valence-electron chi connectivity index (χ1n) is 5.95. The van der Waals surface area contributed by atoms with Crippen molar-refractivity contribution < 1.29 is 13.3 Å². The molecule has 0 bridgehead atoms. The molecule has 0 fully saturated rings. The maximum atomic E-state index is 12.0. The molecule has 0 radical (unpaired) electrons. The average molecular weight is 315 g/mol. The third kappa shape index (κ3) is 5.00. The van der Waals surface area contributed by atoms with E-state index in [1.165, 1.54) is 18.2 Å². The summed E-state index contributed by atoms with van der Waals surface area (Å²) in [5, 5.41) is 10.6. The van der Waals surface area contributed by atoms with Crippen LogP contribution in [0.15, 0.2) is 34.2 Å². The fourth-order valence-corrected chi connectivity index (χ4v) is 2.40. The van der Waals surface area contributed by atoms with Crippen molar-refractivity contribution in [2.45, 2.75) is 4.90 Å². The lowest BCUT2D eigenvalue weighted by molar-refractivity contribution is -0.385. The number of aliphatic imine (C=N–C) groups is 1. The molecule has 9 nitrogen and oxygen atoms in total. The van der Waals surface area contributed by atoms with Gasteiger partial charge in [0.1, 0.15) is 0 Å². The van der Waals surface area contributed by atoms with Crippen LogP contribution in [0.1, 0.15) is 0 Å². The van der Waals surface area contributed by atoms with Gasteiger partial charge in [0.25, 0.3) is 5.69 Å². The highest BCUT2D eigenvalue weighted by Gasteiger charge is 2.16. The van der Waals surface area contributed by atoms with Crippen molar-refractivity contribution in [2.75, 3.05) is 27.2 Å². The van der Waals surface area contributed by atoms with Crippen LogP contribution in [0.25, 0.3) is 0 Å². The van der Waals surface area contributed by atoms with Crippen molar-refractivity contribution in [1.29, 1.82) is 0 Å². The van der Waals surface area contributed by atoms with Crippen molar-refractivity contribution >= 4 is 21.7 Å². The minimum absolute atomic E-state index is 0.0412. The second kappa shape index (κ2) is 6.99. The number of nitro groups is 1. The van der Waals surface area contributed by atoms with Gasteiger partial charge in [-0.05, 0) is 6.07 Å². The predicted molar refractivity (Wildman–Crippen MR) is 78.5 cm³/mol. The summed E-state index contributed by atoms with van der Waals surface area (Å²) in [5.41, 5.74) is 5.27. The summed E-state index contributed by atoms with van der Waals surface area (Å²) in [6, 6.07) is 4.82. The molecule has 0 unspecified atom stereocenters. The Morgan fingerprint density at radius 1 is 1.48 bits per heavy atom. The molecule has 10 heteroatoms. The molecule has 1 aromatic carbocycles. The molecule has 116 valence electrons. The van der Waals surface area contributed by atoms with E-state index in [4.69, 9.17) is 5.73 Å². The quantitative estimate of drug-likeness (QED) is 0.245. The van der Waals surface area contributed by atoms with Crippen LogP contribution in [-0.2, 0) is 10.0 Å². The molecule has 0 saturated heterocycles. The van der Waals surface area contributed by atoms with Crippen molar-refractivity contribution in [3.05, 3.63) is 34.4 Å². The first-order valence-corrected chi connectivity index (χ1v) is 7.43. The zero-order valence-corrected chi connectivity index (χ0v) is 12.5. The lowest BCUT2D eigenvalue weighted by Crippen LogP contribution is -2.32. The van der Waals surface area contributed by atoms with Crippen LogP contribution < -0.4 is 10.5 Å². The Kier molecular flexibility index (Phi) is 5.61. The molecular weight excluding hydrogens is 298 g/mol. The van der Waals surface area contributed by atoms with E-state index in [9.17, 15) is 18.5 Å². The molecule has 0 atom stereocenters. The summed E-state index contributed by atoms with van der Waals surface area (Å²) in [4.78, 5) is 15.4. The van der Waals surface area contributed by atoms with Gasteiger partial charge in [-0.25, -0.2) is 13.1 Å². The number of hydrogen-bond acceptors (Lipinski definition) is 5. The minimum atomic E-state index is -3.81. The average Bonchev–Trinajstić information content (AvgIpc) is 2.43.